The molecule has 34 heavy (non-hydrogen) atoms. The monoisotopic (exact) mass is 465 g/mol. The van der Waals surface area contributed by atoms with Crippen molar-refractivity contribution in [3.05, 3.63) is 47.7 Å². The van der Waals surface area contributed by atoms with Gasteiger partial charge in [-0.05, 0) is 55.5 Å². The van der Waals surface area contributed by atoms with Crippen LogP contribution in [0, 0.1) is 12.7 Å². The lowest BCUT2D eigenvalue weighted by Gasteiger charge is -2.29. The van der Waals surface area contributed by atoms with E-state index in [1.807, 2.05) is 6.92 Å². The number of hydrogen-bond donors (Lipinski definition) is 1. The number of aryl methyl sites for hydroxylation is 2. The van der Waals surface area contributed by atoms with Gasteiger partial charge in [0.2, 0.25) is 0 Å². The van der Waals surface area contributed by atoms with E-state index in [1.165, 1.54) is 6.07 Å². The average Bonchev–Trinajstić information content (AvgIpc) is 3.51. The van der Waals surface area contributed by atoms with E-state index >= 15 is 0 Å². The van der Waals surface area contributed by atoms with Gasteiger partial charge in [-0.1, -0.05) is 13.3 Å². The number of pyridine rings is 1. The third-order valence-corrected chi connectivity index (χ3v) is 6.70. The summed E-state index contributed by atoms with van der Waals surface area (Å²) in [6, 6.07) is 5.15. The average molecular weight is 466 g/mol. The molecule has 0 bridgehead atoms. The summed E-state index contributed by atoms with van der Waals surface area (Å²) in [5.41, 5.74) is 5.92. The highest BCUT2D eigenvalue weighted by Crippen LogP contribution is 2.34. The second-order valence-corrected chi connectivity index (χ2v) is 9.20. The van der Waals surface area contributed by atoms with Crippen LogP contribution in [0.5, 0.6) is 0 Å². The molecule has 8 heteroatoms. The van der Waals surface area contributed by atoms with E-state index in [0.717, 1.165) is 72.5 Å². The lowest BCUT2D eigenvalue weighted by Crippen LogP contribution is -2.36. The number of fused-ring (bicyclic) bond motifs is 1. The number of aromatic nitrogens is 2. The Morgan fingerprint density at radius 2 is 1.88 bits per heavy atom. The van der Waals surface area contributed by atoms with Crippen molar-refractivity contribution >= 4 is 23.1 Å². The highest BCUT2D eigenvalue weighted by Gasteiger charge is 2.21. The van der Waals surface area contributed by atoms with Gasteiger partial charge in [-0.3, -0.25) is 0 Å². The molecular weight excluding hydrogens is 433 g/mol. The Balaban J connectivity index is 1.56. The SMILES string of the molecule is CCCc1cn2cc(-c3cc(NC(=O)N4CCCC4)c(F)cc3C)cc(N3CCOCC3)c2n1. The van der Waals surface area contributed by atoms with Crippen molar-refractivity contribution in [3.63, 3.8) is 0 Å². The van der Waals surface area contributed by atoms with E-state index in [1.54, 1.807) is 11.0 Å². The molecule has 2 aromatic heterocycles. The molecule has 1 N–H and O–H groups in total. The number of rotatable bonds is 5. The zero-order valence-electron chi connectivity index (χ0n) is 19.9. The minimum Gasteiger partial charge on any atom is -0.378 e. The fourth-order valence-corrected chi connectivity index (χ4v) is 4.89. The van der Waals surface area contributed by atoms with E-state index < -0.39 is 5.82 Å². The molecule has 2 aliphatic heterocycles. The molecule has 0 aliphatic carbocycles. The van der Waals surface area contributed by atoms with Gasteiger partial charge in [0.1, 0.15) is 5.82 Å². The van der Waals surface area contributed by atoms with Crippen molar-refractivity contribution in [2.24, 2.45) is 0 Å². The number of likely N-dealkylation sites (tertiary alicyclic amines) is 1. The van der Waals surface area contributed by atoms with Gasteiger partial charge in [-0.2, -0.15) is 0 Å². The molecule has 1 aromatic carbocycles. The van der Waals surface area contributed by atoms with Crippen LogP contribution in [0.1, 0.15) is 37.4 Å². The maximum atomic E-state index is 14.8. The Bertz CT molecular complexity index is 1200. The van der Waals surface area contributed by atoms with Crippen LogP contribution in [0.4, 0.5) is 20.6 Å². The molecular formula is C26H32FN5O2. The first-order chi connectivity index (χ1) is 16.5. The summed E-state index contributed by atoms with van der Waals surface area (Å²) >= 11 is 0. The molecule has 5 rings (SSSR count). The molecule has 2 aliphatic rings. The van der Waals surface area contributed by atoms with Crippen LogP contribution in [-0.2, 0) is 11.2 Å². The molecule has 2 saturated heterocycles. The first-order valence-electron chi connectivity index (χ1n) is 12.2. The number of urea groups is 1. The fraction of sp³-hybridized carbons (Fsp3) is 0.462. The highest BCUT2D eigenvalue weighted by atomic mass is 19.1. The second-order valence-electron chi connectivity index (χ2n) is 9.20. The number of hydrogen-bond acceptors (Lipinski definition) is 4. The molecule has 0 radical (unpaired) electrons. The number of nitrogens with zero attached hydrogens (tertiary/aromatic N) is 4. The Morgan fingerprint density at radius 3 is 2.62 bits per heavy atom. The summed E-state index contributed by atoms with van der Waals surface area (Å²) < 4.78 is 22.5. The van der Waals surface area contributed by atoms with Crippen molar-refractivity contribution in [1.82, 2.24) is 14.3 Å². The molecule has 0 spiro atoms. The summed E-state index contributed by atoms with van der Waals surface area (Å²) in [4.78, 5) is 21.6. The van der Waals surface area contributed by atoms with Gasteiger partial charge in [0.05, 0.1) is 30.3 Å². The zero-order chi connectivity index (χ0) is 23.7. The van der Waals surface area contributed by atoms with Gasteiger partial charge >= 0.3 is 6.03 Å². The Labute approximate surface area is 199 Å². The minimum absolute atomic E-state index is 0.211. The molecule has 180 valence electrons. The number of nitrogens with one attached hydrogen (secondary N) is 1. The molecule has 7 nitrogen and oxygen atoms in total. The number of ether oxygens (including phenoxy) is 1. The van der Waals surface area contributed by atoms with Crippen molar-refractivity contribution in [2.45, 2.75) is 39.5 Å². The molecule has 0 saturated carbocycles. The van der Waals surface area contributed by atoms with Crippen molar-refractivity contribution in [3.8, 4) is 11.1 Å². The van der Waals surface area contributed by atoms with Gasteiger partial charge in [-0.15, -0.1) is 0 Å². The summed E-state index contributed by atoms with van der Waals surface area (Å²) in [5.74, 6) is -0.420. The predicted octanol–water partition coefficient (Wildman–Crippen LogP) is 4.87. The van der Waals surface area contributed by atoms with Gasteiger partial charge in [0.25, 0.3) is 0 Å². The molecule has 2 fully saturated rings. The third-order valence-electron chi connectivity index (χ3n) is 6.70. The first-order valence-corrected chi connectivity index (χ1v) is 12.2. The number of amides is 2. The molecule has 0 unspecified atom stereocenters. The number of carbonyl (C=O) groups excluding carboxylic acids is 1. The molecule has 0 atom stereocenters. The van der Waals surface area contributed by atoms with E-state index in [-0.39, 0.29) is 11.7 Å². The van der Waals surface area contributed by atoms with Crippen LogP contribution >= 0.6 is 0 Å². The minimum atomic E-state index is -0.420. The standard InChI is InChI=1S/C26H32FN5O2/c1-3-6-20-17-32-16-19(14-24(25(32)28-20)30-9-11-34-12-10-30)21-15-23(22(27)13-18(21)2)29-26(33)31-7-4-5-8-31/h13-17H,3-12H2,1-2H3,(H,29,33). The summed E-state index contributed by atoms with van der Waals surface area (Å²) in [6.45, 7) is 8.45. The van der Waals surface area contributed by atoms with Crippen LogP contribution in [0.2, 0.25) is 0 Å². The van der Waals surface area contributed by atoms with Crippen molar-refractivity contribution in [2.75, 3.05) is 49.6 Å². The van der Waals surface area contributed by atoms with Crippen LogP contribution in [-0.4, -0.2) is 59.7 Å². The predicted molar refractivity (Wildman–Crippen MR) is 132 cm³/mol. The molecule has 2 amide bonds. The smallest absolute Gasteiger partial charge is 0.321 e. The molecule has 4 heterocycles. The van der Waals surface area contributed by atoms with Gasteiger partial charge in [0, 0.05) is 44.1 Å². The Morgan fingerprint density at radius 1 is 1.12 bits per heavy atom. The van der Waals surface area contributed by atoms with Gasteiger partial charge in [-0.25, -0.2) is 14.2 Å². The van der Waals surface area contributed by atoms with E-state index in [4.69, 9.17) is 9.72 Å². The lowest BCUT2D eigenvalue weighted by molar-refractivity contribution is 0.123. The van der Waals surface area contributed by atoms with Gasteiger partial charge in [0.15, 0.2) is 5.65 Å². The lowest BCUT2D eigenvalue weighted by atomic mass is 10.00. The quantitative estimate of drug-likeness (QED) is 0.584. The summed E-state index contributed by atoms with van der Waals surface area (Å²) in [6.07, 6.45) is 8.07. The summed E-state index contributed by atoms with van der Waals surface area (Å²) in [7, 11) is 0. The van der Waals surface area contributed by atoms with Gasteiger partial charge < -0.3 is 24.3 Å². The molecule has 3 aromatic rings. The Hall–Kier alpha value is -3.13. The zero-order valence-corrected chi connectivity index (χ0v) is 19.9. The maximum absolute atomic E-state index is 14.8. The third kappa shape index (κ3) is 4.46. The van der Waals surface area contributed by atoms with Crippen LogP contribution < -0.4 is 10.2 Å². The Kier molecular flexibility index (Phi) is 6.41. The van der Waals surface area contributed by atoms with Crippen LogP contribution in [0.25, 0.3) is 16.8 Å². The maximum Gasteiger partial charge on any atom is 0.321 e. The van der Waals surface area contributed by atoms with E-state index in [0.29, 0.717) is 26.3 Å². The summed E-state index contributed by atoms with van der Waals surface area (Å²) in [5, 5.41) is 2.79. The number of imidazole rings is 1. The number of anilines is 2. The normalized spacial score (nSPS) is 16.4. The first kappa shape index (κ1) is 22.7. The van der Waals surface area contributed by atoms with E-state index in [2.05, 4.69) is 40.0 Å². The topological polar surface area (TPSA) is 62.1 Å². The van der Waals surface area contributed by atoms with Crippen LogP contribution in [0.15, 0.2) is 30.6 Å². The number of halogens is 1. The number of carbonyl (C=O) groups is 1. The van der Waals surface area contributed by atoms with Crippen molar-refractivity contribution in [1.29, 1.82) is 0 Å². The highest BCUT2D eigenvalue weighted by molar-refractivity contribution is 5.91. The van der Waals surface area contributed by atoms with Crippen LogP contribution in [0.3, 0.4) is 0 Å². The largest absolute Gasteiger partial charge is 0.378 e. The van der Waals surface area contributed by atoms with E-state index in [9.17, 15) is 9.18 Å². The second kappa shape index (κ2) is 9.62. The fourth-order valence-electron chi connectivity index (χ4n) is 4.89. The van der Waals surface area contributed by atoms with Crippen molar-refractivity contribution < 1.29 is 13.9 Å². The number of benzene rings is 1. The number of morpholine rings is 1.